The number of aldehydes is 1. The minimum atomic E-state index is -1.07. The van der Waals surface area contributed by atoms with Crippen molar-refractivity contribution >= 4 is 6.29 Å². The molecule has 0 radical (unpaired) electrons. The second kappa shape index (κ2) is 3.53. The van der Waals surface area contributed by atoms with Crippen molar-refractivity contribution < 1.29 is 19.8 Å². The largest absolute Gasteiger partial charge is 0.506 e. The minimum Gasteiger partial charge on any atom is -0.506 e. The van der Waals surface area contributed by atoms with Gasteiger partial charge in [-0.15, -0.1) is 10.1 Å². The van der Waals surface area contributed by atoms with Gasteiger partial charge in [-0.3, -0.25) is 9.63 Å². The third kappa shape index (κ3) is 2.16. The molecule has 1 aromatic rings. The Hall–Kier alpha value is -2.11. The van der Waals surface area contributed by atoms with Crippen molar-refractivity contribution in [2.75, 3.05) is 0 Å². The summed E-state index contributed by atoms with van der Waals surface area (Å²) in [6.45, 7) is 0. The molecule has 0 amide bonds. The topological polar surface area (TPSA) is 89.7 Å². The molecule has 0 atom stereocenters. The summed E-state index contributed by atoms with van der Waals surface area (Å²) >= 11 is 0. The van der Waals surface area contributed by atoms with Crippen LogP contribution < -0.4 is 4.84 Å². The van der Waals surface area contributed by atoms with Gasteiger partial charge in [0.15, 0.2) is 5.75 Å². The molecule has 0 unspecified atom stereocenters. The molecule has 1 aromatic carbocycles. The number of phenolic OH excluding ortho intramolecular Hbond substituents is 1. The van der Waals surface area contributed by atoms with Gasteiger partial charge in [0.25, 0.3) is 5.09 Å². The molecule has 0 saturated carbocycles. The zero-order valence-electron chi connectivity index (χ0n) is 6.34. The first-order valence-electron chi connectivity index (χ1n) is 3.24. The number of carbonyl (C=O) groups is 1. The summed E-state index contributed by atoms with van der Waals surface area (Å²) in [5.74, 6) is -0.739. The highest BCUT2D eigenvalue weighted by Crippen LogP contribution is 2.25. The number of carbonyl (C=O) groups excluding carboxylic acids is 1. The van der Waals surface area contributed by atoms with Crippen LogP contribution in [0.5, 0.6) is 11.5 Å². The molecular weight excluding hydrogens is 178 g/mol. The number of nitrogens with zero attached hydrogens (tertiary/aromatic N) is 1. The lowest BCUT2D eigenvalue weighted by Crippen LogP contribution is -2.03. The van der Waals surface area contributed by atoms with E-state index < -0.39 is 5.09 Å². The van der Waals surface area contributed by atoms with Crippen LogP contribution in [0, 0.1) is 10.1 Å². The summed E-state index contributed by atoms with van der Waals surface area (Å²) < 4.78 is 0. The summed E-state index contributed by atoms with van der Waals surface area (Å²) in [5, 5.41) is 17.9. The summed E-state index contributed by atoms with van der Waals surface area (Å²) in [6, 6.07) is 3.53. The van der Waals surface area contributed by atoms with Gasteiger partial charge in [0.1, 0.15) is 12.0 Å². The van der Waals surface area contributed by atoms with E-state index in [0.29, 0.717) is 6.29 Å². The maximum absolute atomic E-state index is 10.2. The van der Waals surface area contributed by atoms with Crippen molar-refractivity contribution in [3.63, 3.8) is 0 Å². The van der Waals surface area contributed by atoms with E-state index in [-0.39, 0.29) is 17.1 Å². The first-order chi connectivity index (χ1) is 6.13. The van der Waals surface area contributed by atoms with Gasteiger partial charge in [-0.2, -0.15) is 0 Å². The Morgan fingerprint density at radius 2 is 2.23 bits per heavy atom. The molecular formula is C7H5NO5. The van der Waals surface area contributed by atoms with Crippen molar-refractivity contribution in [3.8, 4) is 11.5 Å². The molecule has 6 heteroatoms. The number of aromatic hydroxyl groups is 1. The molecule has 0 saturated heterocycles. The zero-order chi connectivity index (χ0) is 9.84. The fourth-order valence-corrected chi connectivity index (χ4v) is 0.757. The van der Waals surface area contributed by atoms with Crippen LogP contribution in [0.2, 0.25) is 0 Å². The lowest BCUT2D eigenvalue weighted by molar-refractivity contribution is -0.711. The molecule has 0 spiro atoms. The Balaban J connectivity index is 3.03. The normalized spacial score (nSPS) is 9.23. The van der Waals surface area contributed by atoms with Crippen molar-refractivity contribution in [1.29, 1.82) is 0 Å². The van der Waals surface area contributed by atoms with E-state index in [1.54, 1.807) is 0 Å². The molecule has 0 heterocycles. The minimum absolute atomic E-state index is 0.189. The van der Waals surface area contributed by atoms with E-state index in [0.717, 1.165) is 12.1 Å². The quantitative estimate of drug-likeness (QED) is 0.424. The smallest absolute Gasteiger partial charge is 0.299 e. The standard InChI is InChI=1S/C7H5NO5/c9-4-5-1-2-6(10)7(3-5)13-8(11)12/h1-4,10H. The Morgan fingerprint density at radius 1 is 1.54 bits per heavy atom. The van der Waals surface area contributed by atoms with Crippen LogP contribution in [0.1, 0.15) is 10.4 Å². The van der Waals surface area contributed by atoms with E-state index in [1.165, 1.54) is 6.07 Å². The van der Waals surface area contributed by atoms with Crippen molar-refractivity contribution in [3.05, 3.63) is 33.9 Å². The SMILES string of the molecule is O=Cc1ccc(O)c(O[N+](=O)[O-])c1. The van der Waals surface area contributed by atoms with Crippen molar-refractivity contribution in [2.45, 2.75) is 0 Å². The van der Waals surface area contributed by atoms with Gasteiger partial charge in [0, 0.05) is 5.56 Å². The third-order valence-corrected chi connectivity index (χ3v) is 1.29. The van der Waals surface area contributed by atoms with Gasteiger partial charge >= 0.3 is 0 Å². The Labute approximate surface area is 72.5 Å². The van der Waals surface area contributed by atoms with Crippen molar-refractivity contribution in [1.82, 2.24) is 0 Å². The van der Waals surface area contributed by atoms with E-state index >= 15 is 0 Å². The highest BCUT2D eigenvalue weighted by Gasteiger charge is 2.06. The average Bonchev–Trinajstić information content (AvgIpc) is 2.08. The predicted molar refractivity (Wildman–Crippen MR) is 41.1 cm³/mol. The molecule has 6 nitrogen and oxygen atoms in total. The lowest BCUT2D eigenvalue weighted by atomic mass is 10.2. The maximum Gasteiger partial charge on any atom is 0.299 e. The van der Waals surface area contributed by atoms with Crippen LogP contribution in [0.4, 0.5) is 0 Å². The molecule has 0 aliphatic carbocycles. The van der Waals surface area contributed by atoms with Gasteiger partial charge in [-0.25, -0.2) is 0 Å². The van der Waals surface area contributed by atoms with Crippen LogP contribution in [0.15, 0.2) is 18.2 Å². The first-order valence-corrected chi connectivity index (χ1v) is 3.24. The second-order valence-electron chi connectivity index (χ2n) is 2.16. The van der Waals surface area contributed by atoms with Gasteiger partial charge in [-0.05, 0) is 18.2 Å². The number of benzene rings is 1. The van der Waals surface area contributed by atoms with E-state index in [9.17, 15) is 14.9 Å². The van der Waals surface area contributed by atoms with E-state index in [1.807, 2.05) is 0 Å². The van der Waals surface area contributed by atoms with Crippen LogP contribution in [0.3, 0.4) is 0 Å². The summed E-state index contributed by atoms with van der Waals surface area (Å²) in [7, 11) is 0. The molecule has 1 N–H and O–H groups in total. The molecule has 0 aromatic heterocycles. The molecule has 0 aliphatic rings. The fraction of sp³-hybridized carbons (Fsp3) is 0. The molecule has 0 aliphatic heterocycles. The third-order valence-electron chi connectivity index (χ3n) is 1.29. The predicted octanol–water partition coefficient (Wildman–Crippen LogP) is 0.775. The molecule has 68 valence electrons. The highest BCUT2D eigenvalue weighted by atomic mass is 17.0. The molecule has 0 fully saturated rings. The van der Waals surface area contributed by atoms with E-state index in [2.05, 4.69) is 4.84 Å². The Bertz CT molecular complexity index is 349. The number of rotatable bonds is 3. The van der Waals surface area contributed by atoms with Crippen LogP contribution in [0.25, 0.3) is 0 Å². The fourth-order valence-electron chi connectivity index (χ4n) is 0.757. The number of hydrogen-bond acceptors (Lipinski definition) is 5. The van der Waals surface area contributed by atoms with Crippen LogP contribution in [-0.2, 0) is 0 Å². The number of hydrogen-bond donors (Lipinski definition) is 1. The van der Waals surface area contributed by atoms with Crippen LogP contribution in [-0.4, -0.2) is 16.5 Å². The lowest BCUT2D eigenvalue weighted by Gasteiger charge is -2.01. The monoisotopic (exact) mass is 183 g/mol. The van der Waals surface area contributed by atoms with Crippen molar-refractivity contribution in [2.24, 2.45) is 0 Å². The Kier molecular flexibility index (Phi) is 2.44. The zero-order valence-corrected chi connectivity index (χ0v) is 6.34. The average molecular weight is 183 g/mol. The second-order valence-corrected chi connectivity index (χ2v) is 2.16. The molecule has 0 bridgehead atoms. The van der Waals surface area contributed by atoms with E-state index in [4.69, 9.17) is 5.11 Å². The summed E-state index contributed by atoms with van der Waals surface area (Å²) in [6.07, 6.45) is 0.492. The first kappa shape index (κ1) is 8.98. The maximum atomic E-state index is 10.2. The number of phenols is 1. The van der Waals surface area contributed by atoms with Gasteiger partial charge < -0.3 is 5.11 Å². The summed E-state index contributed by atoms with van der Waals surface area (Å²) in [5.41, 5.74) is 0.189. The van der Waals surface area contributed by atoms with Crippen LogP contribution >= 0.6 is 0 Å². The Morgan fingerprint density at radius 3 is 2.77 bits per heavy atom. The molecule has 1 rings (SSSR count). The van der Waals surface area contributed by atoms with Gasteiger partial charge in [0.2, 0.25) is 0 Å². The molecule has 13 heavy (non-hydrogen) atoms. The van der Waals surface area contributed by atoms with Gasteiger partial charge in [0.05, 0.1) is 0 Å². The van der Waals surface area contributed by atoms with Gasteiger partial charge in [-0.1, -0.05) is 0 Å². The summed E-state index contributed by atoms with van der Waals surface area (Å²) in [4.78, 5) is 24.2. The highest BCUT2D eigenvalue weighted by molar-refractivity contribution is 5.76.